The third-order valence-electron chi connectivity index (χ3n) is 5.88. The largest absolute Gasteiger partial charge is 0.506 e. The molecule has 1 aromatic carbocycles. The van der Waals surface area contributed by atoms with Crippen LogP contribution in [0.4, 0.5) is 0 Å². The van der Waals surface area contributed by atoms with Crippen molar-refractivity contribution >= 4 is 28.5 Å². The Bertz CT molecular complexity index is 1620. The normalized spacial score (nSPS) is 11.1. The highest BCUT2D eigenvalue weighted by atomic mass is 16.3. The highest BCUT2D eigenvalue weighted by Gasteiger charge is 2.19. The number of rotatable bonds is 5. The van der Waals surface area contributed by atoms with Crippen LogP contribution in [0.25, 0.3) is 27.9 Å². The van der Waals surface area contributed by atoms with E-state index in [-0.39, 0.29) is 23.8 Å². The first-order valence-corrected chi connectivity index (χ1v) is 11.3. The smallest absolute Gasteiger partial charge is 0.256 e. The number of benzene rings is 1. The van der Waals surface area contributed by atoms with E-state index in [1.165, 1.54) is 6.20 Å². The monoisotopic (exact) mass is 481 g/mol. The molecular weight excluding hydrogens is 458 g/mol. The Morgan fingerprint density at radius 2 is 1.78 bits per heavy atom. The lowest BCUT2D eigenvalue weighted by molar-refractivity contribution is 0.0944. The molecule has 5 aromatic rings. The van der Waals surface area contributed by atoms with Gasteiger partial charge in [0.25, 0.3) is 11.8 Å². The molecule has 0 spiro atoms. The maximum Gasteiger partial charge on any atom is 0.256 e. The van der Waals surface area contributed by atoms with Crippen LogP contribution in [0.2, 0.25) is 0 Å². The van der Waals surface area contributed by atoms with Gasteiger partial charge in [0.05, 0.1) is 22.5 Å². The van der Waals surface area contributed by atoms with Gasteiger partial charge in [0.2, 0.25) is 0 Å². The summed E-state index contributed by atoms with van der Waals surface area (Å²) in [4.78, 5) is 37.9. The number of fused-ring (bicyclic) bond motifs is 3. The molecule has 0 fully saturated rings. The van der Waals surface area contributed by atoms with Crippen molar-refractivity contribution in [3.63, 3.8) is 0 Å². The van der Waals surface area contributed by atoms with Gasteiger partial charge in [0, 0.05) is 43.2 Å². The lowest BCUT2D eigenvalue weighted by Crippen LogP contribution is -2.23. The van der Waals surface area contributed by atoms with Gasteiger partial charge in [0.1, 0.15) is 11.3 Å². The van der Waals surface area contributed by atoms with Crippen LogP contribution in [0.5, 0.6) is 5.75 Å². The van der Waals surface area contributed by atoms with Crippen molar-refractivity contribution in [3.8, 4) is 17.0 Å². The Morgan fingerprint density at radius 3 is 2.47 bits per heavy atom. The fourth-order valence-electron chi connectivity index (χ4n) is 4.01. The molecule has 5 rings (SSSR count). The number of hydrogen-bond acceptors (Lipinski definition) is 7. The molecule has 0 unspecified atom stereocenters. The van der Waals surface area contributed by atoms with E-state index in [0.717, 1.165) is 22.5 Å². The van der Waals surface area contributed by atoms with Gasteiger partial charge >= 0.3 is 0 Å². The van der Waals surface area contributed by atoms with E-state index in [2.05, 4.69) is 30.7 Å². The van der Waals surface area contributed by atoms with E-state index >= 15 is 0 Å². The summed E-state index contributed by atoms with van der Waals surface area (Å²) in [5.74, 6) is -0.803. The summed E-state index contributed by atoms with van der Waals surface area (Å²) in [7, 11) is 1.59. The maximum absolute atomic E-state index is 12.9. The summed E-state index contributed by atoms with van der Waals surface area (Å²) in [5.41, 5.74) is 5.41. The fourth-order valence-corrected chi connectivity index (χ4v) is 4.01. The zero-order valence-electron chi connectivity index (χ0n) is 19.9. The average molecular weight is 482 g/mol. The number of nitrogens with zero attached hydrogens (tertiary/aromatic N) is 5. The van der Waals surface area contributed by atoms with E-state index in [1.807, 2.05) is 37.3 Å². The minimum absolute atomic E-state index is 0.0522. The van der Waals surface area contributed by atoms with E-state index < -0.39 is 5.91 Å². The van der Waals surface area contributed by atoms with Crippen molar-refractivity contribution in [1.82, 2.24) is 35.2 Å². The van der Waals surface area contributed by atoms with Crippen molar-refractivity contribution < 1.29 is 14.7 Å². The Hall–Kier alpha value is -4.86. The van der Waals surface area contributed by atoms with Crippen molar-refractivity contribution in [2.75, 3.05) is 7.05 Å². The standard InChI is InChI=1S/C26H23N7O3/c1-14-10-21-31-15(2)22-23(34)19(13-29-24(22)33(21)32-14)26(36)30-12-16-4-9-20(28-11-16)17-5-7-18(8-6-17)25(35)27-3/h4-11,13H,12H2,1-3H3,(H,27,35)(H,29,34)(H,30,36). The Balaban J connectivity index is 1.32. The zero-order chi connectivity index (χ0) is 25.4. The molecule has 2 amide bonds. The summed E-state index contributed by atoms with van der Waals surface area (Å²) in [6.45, 7) is 3.82. The molecule has 3 N–H and O–H groups in total. The summed E-state index contributed by atoms with van der Waals surface area (Å²) in [6, 6.07) is 12.7. The molecule has 36 heavy (non-hydrogen) atoms. The first-order chi connectivity index (χ1) is 17.4. The number of amides is 2. The molecule has 10 heteroatoms. The predicted molar refractivity (Wildman–Crippen MR) is 134 cm³/mol. The van der Waals surface area contributed by atoms with Crippen LogP contribution in [-0.2, 0) is 6.54 Å². The van der Waals surface area contributed by atoms with Gasteiger partial charge in [-0.2, -0.15) is 9.61 Å². The second-order valence-electron chi connectivity index (χ2n) is 8.36. The van der Waals surface area contributed by atoms with Crippen molar-refractivity contribution in [3.05, 3.63) is 82.9 Å². The quantitative estimate of drug-likeness (QED) is 0.351. The summed E-state index contributed by atoms with van der Waals surface area (Å²) < 4.78 is 1.55. The molecule has 180 valence electrons. The van der Waals surface area contributed by atoms with E-state index in [1.54, 1.807) is 36.8 Å². The SMILES string of the molecule is CNC(=O)c1ccc(-c2ccc(CNC(=O)c3cnc4c(c(C)nc5cc(C)nn54)c3O)cn2)cc1. The first kappa shape index (κ1) is 22.9. The summed E-state index contributed by atoms with van der Waals surface area (Å²) >= 11 is 0. The van der Waals surface area contributed by atoms with E-state index in [9.17, 15) is 14.7 Å². The molecule has 10 nitrogen and oxygen atoms in total. The van der Waals surface area contributed by atoms with Crippen LogP contribution in [0.3, 0.4) is 0 Å². The Kier molecular flexibility index (Phi) is 5.77. The molecule has 0 bridgehead atoms. The van der Waals surface area contributed by atoms with Crippen molar-refractivity contribution in [2.45, 2.75) is 20.4 Å². The third-order valence-corrected chi connectivity index (χ3v) is 5.88. The molecule has 0 saturated carbocycles. The number of aryl methyl sites for hydroxylation is 2. The summed E-state index contributed by atoms with van der Waals surface area (Å²) in [5, 5.41) is 21.0. The number of pyridine rings is 2. The van der Waals surface area contributed by atoms with Crippen LogP contribution < -0.4 is 10.6 Å². The van der Waals surface area contributed by atoms with Crippen LogP contribution in [0.1, 0.15) is 37.7 Å². The molecule has 0 atom stereocenters. The van der Waals surface area contributed by atoms with Crippen LogP contribution >= 0.6 is 0 Å². The molecule has 4 heterocycles. The van der Waals surface area contributed by atoms with Crippen LogP contribution in [0, 0.1) is 13.8 Å². The first-order valence-electron chi connectivity index (χ1n) is 11.3. The minimum atomic E-state index is -0.466. The molecule has 4 aromatic heterocycles. The zero-order valence-corrected chi connectivity index (χ0v) is 19.9. The highest BCUT2D eigenvalue weighted by molar-refractivity contribution is 6.02. The van der Waals surface area contributed by atoms with E-state index in [4.69, 9.17) is 0 Å². The third kappa shape index (κ3) is 4.09. The number of aromatic hydroxyl groups is 1. The number of carbonyl (C=O) groups excluding carboxylic acids is 2. The van der Waals surface area contributed by atoms with Gasteiger partial charge in [-0.05, 0) is 37.6 Å². The van der Waals surface area contributed by atoms with Gasteiger partial charge in [-0.25, -0.2) is 9.97 Å². The van der Waals surface area contributed by atoms with Crippen molar-refractivity contribution in [2.24, 2.45) is 0 Å². The number of nitrogens with one attached hydrogen (secondary N) is 2. The minimum Gasteiger partial charge on any atom is -0.506 e. The number of carbonyl (C=O) groups is 2. The predicted octanol–water partition coefficient (Wildman–Crippen LogP) is 2.95. The molecule has 0 saturated heterocycles. The van der Waals surface area contributed by atoms with E-state index in [0.29, 0.717) is 27.9 Å². The van der Waals surface area contributed by atoms with Crippen LogP contribution in [-0.4, -0.2) is 48.5 Å². The molecule has 0 radical (unpaired) electrons. The van der Waals surface area contributed by atoms with Crippen LogP contribution in [0.15, 0.2) is 54.9 Å². The average Bonchev–Trinajstić information content (AvgIpc) is 3.27. The lowest BCUT2D eigenvalue weighted by atomic mass is 10.1. The van der Waals surface area contributed by atoms with Gasteiger partial charge < -0.3 is 15.7 Å². The molecular formula is C26H23N7O3. The highest BCUT2D eigenvalue weighted by Crippen LogP contribution is 2.29. The Labute approximate surface area is 206 Å². The van der Waals surface area contributed by atoms with Gasteiger partial charge in [-0.3, -0.25) is 14.6 Å². The number of aromatic nitrogens is 5. The fraction of sp³-hybridized carbons (Fsp3) is 0.154. The second kappa shape index (κ2) is 9.06. The van der Waals surface area contributed by atoms with Crippen molar-refractivity contribution in [1.29, 1.82) is 0 Å². The molecule has 0 aliphatic heterocycles. The molecule has 0 aliphatic rings. The van der Waals surface area contributed by atoms with Gasteiger partial charge in [-0.1, -0.05) is 18.2 Å². The Morgan fingerprint density at radius 1 is 1.00 bits per heavy atom. The topological polar surface area (TPSA) is 134 Å². The second-order valence-corrected chi connectivity index (χ2v) is 8.36. The molecule has 0 aliphatic carbocycles. The van der Waals surface area contributed by atoms with Gasteiger partial charge in [-0.15, -0.1) is 0 Å². The summed E-state index contributed by atoms with van der Waals surface area (Å²) in [6.07, 6.45) is 3.01. The van der Waals surface area contributed by atoms with Gasteiger partial charge in [0.15, 0.2) is 11.3 Å². The maximum atomic E-state index is 12.9. The number of hydrogen-bond donors (Lipinski definition) is 3. The lowest BCUT2D eigenvalue weighted by Gasteiger charge is -2.11.